The van der Waals surface area contributed by atoms with Gasteiger partial charge in [-0.2, -0.15) is 5.26 Å². The lowest BCUT2D eigenvalue weighted by atomic mass is 9.89. The number of aryl methyl sites for hydroxylation is 1. The van der Waals surface area contributed by atoms with Gasteiger partial charge < -0.3 is 20.9 Å². The number of hydrogen-bond acceptors (Lipinski definition) is 4. The maximum absolute atomic E-state index is 13.1. The average molecular weight is 460 g/mol. The predicted octanol–water partition coefficient (Wildman–Crippen LogP) is 3.29. The predicted molar refractivity (Wildman–Crippen MR) is 128 cm³/mol. The van der Waals surface area contributed by atoms with Crippen LogP contribution in [0.3, 0.4) is 0 Å². The van der Waals surface area contributed by atoms with E-state index in [0.717, 1.165) is 18.4 Å². The van der Waals surface area contributed by atoms with Gasteiger partial charge in [0.25, 0.3) is 5.91 Å². The average Bonchev–Trinajstić information content (AvgIpc) is 2.86. The molecule has 8 heteroatoms. The molecule has 2 heterocycles. The first-order valence-corrected chi connectivity index (χ1v) is 11.7. The largest absolute Gasteiger partial charge is 0.354 e. The van der Waals surface area contributed by atoms with Crippen LogP contribution in [0.5, 0.6) is 0 Å². The van der Waals surface area contributed by atoms with E-state index in [9.17, 15) is 14.4 Å². The van der Waals surface area contributed by atoms with Gasteiger partial charge in [0.1, 0.15) is 0 Å². The van der Waals surface area contributed by atoms with Crippen LogP contribution in [0.15, 0.2) is 42.5 Å². The highest BCUT2D eigenvalue weighted by Crippen LogP contribution is 2.29. The fourth-order valence-electron chi connectivity index (χ4n) is 4.52. The molecule has 0 aromatic heterocycles. The maximum Gasteiger partial charge on any atom is 0.319 e. The summed E-state index contributed by atoms with van der Waals surface area (Å²) in [4.78, 5) is 38.8. The molecule has 2 aliphatic heterocycles. The minimum Gasteiger partial charge on any atom is -0.354 e. The van der Waals surface area contributed by atoms with Crippen molar-refractivity contribution in [2.24, 2.45) is 0 Å². The molecule has 1 atom stereocenters. The van der Waals surface area contributed by atoms with Crippen molar-refractivity contribution in [3.05, 3.63) is 64.7 Å². The molecule has 8 nitrogen and oxygen atoms in total. The van der Waals surface area contributed by atoms with Gasteiger partial charge in [-0.15, -0.1) is 0 Å². The monoisotopic (exact) mass is 459 g/mol. The van der Waals surface area contributed by atoms with E-state index in [2.05, 4.69) is 22.0 Å². The number of nitrogens with one attached hydrogen (secondary N) is 3. The van der Waals surface area contributed by atoms with Crippen LogP contribution in [0.1, 0.15) is 58.6 Å². The molecular formula is C26H29N5O3. The molecule has 0 unspecified atom stereocenters. The van der Waals surface area contributed by atoms with Crippen LogP contribution in [0.2, 0.25) is 0 Å². The fourth-order valence-corrected chi connectivity index (χ4v) is 4.52. The second kappa shape index (κ2) is 10.4. The Morgan fingerprint density at radius 3 is 2.47 bits per heavy atom. The number of amides is 4. The topological polar surface area (TPSA) is 114 Å². The van der Waals surface area contributed by atoms with E-state index in [1.165, 1.54) is 5.56 Å². The molecule has 0 saturated carbocycles. The Labute approximate surface area is 199 Å². The van der Waals surface area contributed by atoms with Crippen molar-refractivity contribution in [3.8, 4) is 6.07 Å². The van der Waals surface area contributed by atoms with E-state index in [4.69, 9.17) is 5.26 Å². The van der Waals surface area contributed by atoms with Crippen molar-refractivity contribution in [2.45, 2.75) is 44.6 Å². The summed E-state index contributed by atoms with van der Waals surface area (Å²) in [5, 5.41) is 17.4. The summed E-state index contributed by atoms with van der Waals surface area (Å²) in [6, 6.07) is 14.7. The van der Waals surface area contributed by atoms with Crippen LogP contribution in [-0.4, -0.2) is 48.4 Å². The molecule has 2 aliphatic rings. The first-order chi connectivity index (χ1) is 16.4. The standard InChI is InChI=1S/C26H29N5O3/c1-17-2-5-21(14-23(17)30-26(34)29-22-8-9-24(32)28-16-22)25(33)31-12-10-20(11-13-31)19-6-3-18(15-27)4-7-19/h2-7,14,20,22H,8-13,16H2,1H3,(H,28,32)(H2,29,30,34)/t22-/m1/s1. The molecule has 2 aromatic carbocycles. The van der Waals surface area contributed by atoms with Crippen molar-refractivity contribution in [3.63, 3.8) is 0 Å². The van der Waals surface area contributed by atoms with Crippen molar-refractivity contribution < 1.29 is 14.4 Å². The minimum atomic E-state index is -0.350. The fraction of sp³-hybridized carbons (Fsp3) is 0.385. The summed E-state index contributed by atoms with van der Waals surface area (Å²) >= 11 is 0. The maximum atomic E-state index is 13.1. The van der Waals surface area contributed by atoms with Crippen LogP contribution in [0.4, 0.5) is 10.5 Å². The van der Waals surface area contributed by atoms with Crippen LogP contribution in [0.25, 0.3) is 0 Å². The summed E-state index contributed by atoms with van der Waals surface area (Å²) < 4.78 is 0. The third kappa shape index (κ3) is 5.54. The Balaban J connectivity index is 1.34. The molecule has 0 aliphatic carbocycles. The van der Waals surface area contributed by atoms with Gasteiger partial charge >= 0.3 is 6.03 Å². The summed E-state index contributed by atoms with van der Waals surface area (Å²) in [5.41, 5.74) is 3.86. The SMILES string of the molecule is Cc1ccc(C(=O)N2CCC(c3ccc(C#N)cc3)CC2)cc1NC(=O)N[C@@H]1CCC(=O)NC1. The van der Waals surface area contributed by atoms with Crippen LogP contribution in [0, 0.1) is 18.3 Å². The molecule has 0 spiro atoms. The Bertz CT molecular complexity index is 1100. The number of carbonyl (C=O) groups excluding carboxylic acids is 3. The normalized spacial score (nSPS) is 18.5. The second-order valence-electron chi connectivity index (χ2n) is 8.97. The van der Waals surface area contributed by atoms with Crippen molar-refractivity contribution in [1.82, 2.24) is 15.5 Å². The summed E-state index contributed by atoms with van der Waals surface area (Å²) in [6.07, 6.45) is 2.74. The Kier molecular flexibility index (Phi) is 7.12. The summed E-state index contributed by atoms with van der Waals surface area (Å²) in [7, 11) is 0. The zero-order chi connectivity index (χ0) is 24.1. The van der Waals surface area contributed by atoms with Gasteiger partial charge in [-0.05, 0) is 67.5 Å². The van der Waals surface area contributed by atoms with Crippen molar-refractivity contribution >= 4 is 23.5 Å². The number of hydrogen-bond donors (Lipinski definition) is 3. The first kappa shape index (κ1) is 23.3. The van der Waals surface area contributed by atoms with E-state index in [1.807, 2.05) is 42.2 Å². The molecule has 2 saturated heterocycles. The lowest BCUT2D eigenvalue weighted by Gasteiger charge is -2.32. The number of benzene rings is 2. The molecule has 2 fully saturated rings. The van der Waals surface area contributed by atoms with Gasteiger partial charge in [0.2, 0.25) is 5.91 Å². The number of urea groups is 1. The minimum absolute atomic E-state index is 0.00135. The van der Waals surface area contributed by atoms with Crippen LogP contribution < -0.4 is 16.0 Å². The van der Waals surface area contributed by atoms with Gasteiger partial charge in [0, 0.05) is 43.3 Å². The third-order valence-corrected chi connectivity index (χ3v) is 6.63. The zero-order valence-corrected chi connectivity index (χ0v) is 19.3. The number of piperidine rings is 2. The third-order valence-electron chi connectivity index (χ3n) is 6.63. The number of nitriles is 1. The smallest absolute Gasteiger partial charge is 0.319 e. The van der Waals surface area contributed by atoms with E-state index in [-0.39, 0.29) is 23.9 Å². The van der Waals surface area contributed by atoms with Crippen LogP contribution >= 0.6 is 0 Å². The Morgan fingerprint density at radius 1 is 1.09 bits per heavy atom. The zero-order valence-electron chi connectivity index (χ0n) is 19.3. The van der Waals surface area contributed by atoms with Gasteiger partial charge in [-0.25, -0.2) is 4.79 Å². The van der Waals surface area contributed by atoms with E-state index in [1.54, 1.807) is 12.1 Å². The highest BCUT2D eigenvalue weighted by Gasteiger charge is 2.25. The second-order valence-corrected chi connectivity index (χ2v) is 8.97. The van der Waals surface area contributed by atoms with Gasteiger partial charge in [-0.1, -0.05) is 18.2 Å². The number of rotatable bonds is 4. The van der Waals surface area contributed by atoms with E-state index >= 15 is 0 Å². The van der Waals surface area contributed by atoms with E-state index in [0.29, 0.717) is 55.2 Å². The molecule has 4 rings (SSSR count). The molecule has 2 aromatic rings. The Morgan fingerprint density at radius 2 is 1.82 bits per heavy atom. The first-order valence-electron chi connectivity index (χ1n) is 11.7. The highest BCUT2D eigenvalue weighted by molar-refractivity contribution is 5.97. The number of likely N-dealkylation sites (tertiary alicyclic amines) is 1. The van der Waals surface area contributed by atoms with Gasteiger partial charge in [0.05, 0.1) is 11.6 Å². The lowest BCUT2D eigenvalue weighted by Crippen LogP contribution is -2.48. The number of nitrogens with zero attached hydrogens (tertiary/aromatic N) is 2. The van der Waals surface area contributed by atoms with Gasteiger partial charge in [0.15, 0.2) is 0 Å². The molecule has 0 radical (unpaired) electrons. The molecule has 176 valence electrons. The molecular weight excluding hydrogens is 430 g/mol. The Hall–Kier alpha value is -3.86. The van der Waals surface area contributed by atoms with Gasteiger partial charge in [-0.3, -0.25) is 9.59 Å². The van der Waals surface area contributed by atoms with Crippen LogP contribution in [-0.2, 0) is 4.79 Å². The molecule has 0 bridgehead atoms. The quantitative estimate of drug-likeness (QED) is 0.651. The van der Waals surface area contributed by atoms with Crippen molar-refractivity contribution in [1.29, 1.82) is 5.26 Å². The number of carbonyl (C=O) groups is 3. The lowest BCUT2D eigenvalue weighted by molar-refractivity contribution is -0.122. The summed E-state index contributed by atoms with van der Waals surface area (Å²) in [6.45, 7) is 3.62. The summed E-state index contributed by atoms with van der Waals surface area (Å²) in [5.74, 6) is 0.332. The van der Waals surface area contributed by atoms with Crippen molar-refractivity contribution in [2.75, 3.05) is 25.0 Å². The number of anilines is 1. The highest BCUT2D eigenvalue weighted by atomic mass is 16.2. The van der Waals surface area contributed by atoms with E-state index < -0.39 is 0 Å². The molecule has 34 heavy (non-hydrogen) atoms. The molecule has 4 amide bonds. The molecule has 3 N–H and O–H groups in total.